The molecule has 216 valence electrons. The van der Waals surface area contributed by atoms with Crippen LogP contribution in [0.1, 0.15) is 55.4 Å². The Balaban J connectivity index is 0.00000247. The van der Waals surface area contributed by atoms with Crippen LogP contribution in [0.5, 0.6) is 5.88 Å². The van der Waals surface area contributed by atoms with Crippen molar-refractivity contribution in [2.24, 2.45) is 16.8 Å². The summed E-state index contributed by atoms with van der Waals surface area (Å²) in [5.41, 5.74) is 6.43. The molecule has 0 radical (unpaired) electrons. The van der Waals surface area contributed by atoms with E-state index in [1.54, 1.807) is 6.07 Å². The molecular weight excluding hydrogens is 484 g/mol. The third-order valence-corrected chi connectivity index (χ3v) is 6.35. The summed E-state index contributed by atoms with van der Waals surface area (Å²) in [6, 6.07) is 2.30. The predicted molar refractivity (Wildman–Crippen MR) is 154 cm³/mol. The quantitative estimate of drug-likeness (QED) is 0.209. The third-order valence-electron chi connectivity index (χ3n) is 6.35. The molecule has 1 aromatic heterocycles. The molecule has 2 unspecified atom stereocenters. The molecule has 11 nitrogen and oxygen atoms in total. The lowest BCUT2D eigenvalue weighted by Gasteiger charge is -2.26. The standard InChI is InChI=1S/C25H44N8O3.C2H6/c1-17(2)19(5)30-31-20(6)27-23-15-24(35-13-10-33-8-11-34-12-9-33)29-25(28-23)26-16-21-14-22(18(3)4)32(7)36-21;1-2/h14-15,17-19,22,30H,8-13,16H2,1-7H3,(H2,26,27,28,29,31);1-2H3. The van der Waals surface area contributed by atoms with E-state index in [0.717, 1.165) is 38.6 Å². The number of aromatic nitrogens is 2. The van der Waals surface area contributed by atoms with E-state index < -0.39 is 0 Å². The van der Waals surface area contributed by atoms with Crippen molar-refractivity contribution in [3.05, 3.63) is 17.9 Å². The van der Waals surface area contributed by atoms with E-state index >= 15 is 0 Å². The highest BCUT2D eigenvalue weighted by Gasteiger charge is 2.26. The zero-order valence-corrected chi connectivity index (χ0v) is 24.9. The summed E-state index contributed by atoms with van der Waals surface area (Å²) in [7, 11) is 1.95. The fourth-order valence-electron chi connectivity index (χ4n) is 3.75. The number of nitrogens with zero attached hydrogens (tertiary/aromatic N) is 5. The molecule has 0 aliphatic carbocycles. The van der Waals surface area contributed by atoms with Gasteiger partial charge in [-0.05, 0) is 31.8 Å². The Labute approximate surface area is 229 Å². The number of aliphatic imine (C=N–C) groups is 1. The molecule has 0 spiro atoms. The number of hydroxylamine groups is 2. The zero-order valence-electron chi connectivity index (χ0n) is 24.9. The highest BCUT2D eigenvalue weighted by atomic mass is 16.7. The molecule has 3 rings (SSSR count). The Morgan fingerprint density at radius 2 is 1.87 bits per heavy atom. The minimum Gasteiger partial charge on any atom is -0.476 e. The Kier molecular flexibility index (Phi) is 13.8. The average molecular weight is 535 g/mol. The molecule has 11 heteroatoms. The Bertz CT molecular complexity index is 887. The third kappa shape index (κ3) is 10.7. The second-order valence-corrected chi connectivity index (χ2v) is 10.0. The summed E-state index contributed by atoms with van der Waals surface area (Å²) in [5, 5.41) is 5.15. The van der Waals surface area contributed by atoms with Gasteiger partial charge in [0.1, 0.15) is 18.2 Å². The molecule has 1 saturated heterocycles. The van der Waals surface area contributed by atoms with Crippen LogP contribution in [0.25, 0.3) is 0 Å². The molecule has 2 atom stereocenters. The van der Waals surface area contributed by atoms with E-state index in [1.807, 2.05) is 32.9 Å². The molecule has 3 heterocycles. The fourth-order valence-corrected chi connectivity index (χ4v) is 3.75. The number of morpholine rings is 1. The number of nitrogens with one attached hydrogen (secondary N) is 3. The lowest BCUT2D eigenvalue weighted by Crippen LogP contribution is -2.44. The van der Waals surface area contributed by atoms with E-state index in [1.165, 1.54) is 0 Å². The van der Waals surface area contributed by atoms with Gasteiger partial charge in [-0.1, -0.05) is 41.5 Å². The van der Waals surface area contributed by atoms with Crippen LogP contribution in [0.4, 0.5) is 11.8 Å². The number of anilines is 1. The highest BCUT2D eigenvalue weighted by Crippen LogP contribution is 2.23. The maximum absolute atomic E-state index is 6.01. The number of hydrazine groups is 1. The van der Waals surface area contributed by atoms with Crippen LogP contribution in [0.2, 0.25) is 0 Å². The highest BCUT2D eigenvalue weighted by molar-refractivity contribution is 5.81. The number of amidine groups is 1. The van der Waals surface area contributed by atoms with Crippen LogP contribution in [0.3, 0.4) is 0 Å². The Morgan fingerprint density at radius 3 is 2.50 bits per heavy atom. The fraction of sp³-hybridized carbons (Fsp3) is 0.741. The van der Waals surface area contributed by atoms with Gasteiger partial charge in [0.25, 0.3) is 0 Å². The minimum atomic E-state index is 0.243. The summed E-state index contributed by atoms with van der Waals surface area (Å²) in [4.78, 5) is 22.0. The molecular formula is C27H50N8O3. The average Bonchev–Trinajstić information content (AvgIpc) is 3.28. The molecule has 2 aliphatic heterocycles. The van der Waals surface area contributed by atoms with Gasteiger partial charge in [0.2, 0.25) is 11.8 Å². The summed E-state index contributed by atoms with van der Waals surface area (Å²) in [5.74, 6) is 3.92. The first-order valence-corrected chi connectivity index (χ1v) is 14.0. The topological polar surface area (TPSA) is 108 Å². The predicted octanol–water partition coefficient (Wildman–Crippen LogP) is 3.60. The first-order chi connectivity index (χ1) is 18.2. The van der Waals surface area contributed by atoms with Gasteiger partial charge in [-0.2, -0.15) is 9.97 Å². The van der Waals surface area contributed by atoms with Gasteiger partial charge in [-0.15, -0.1) is 5.06 Å². The van der Waals surface area contributed by atoms with Crippen molar-refractivity contribution >= 4 is 17.6 Å². The maximum atomic E-state index is 6.01. The second kappa shape index (κ2) is 16.5. The van der Waals surface area contributed by atoms with Crippen LogP contribution in [-0.2, 0) is 9.57 Å². The van der Waals surface area contributed by atoms with Gasteiger partial charge in [-0.3, -0.25) is 4.90 Å². The number of rotatable bonds is 12. The lowest BCUT2D eigenvalue weighted by molar-refractivity contribution is -0.103. The van der Waals surface area contributed by atoms with Crippen molar-refractivity contribution in [1.82, 2.24) is 30.8 Å². The SMILES string of the molecule is C/C(=N\c1cc(OCCN2CCOCC2)nc(NCC2=CC(C(C)C)N(C)O2)n1)NNC(C)C(C)C.CC. The van der Waals surface area contributed by atoms with E-state index in [-0.39, 0.29) is 6.04 Å². The maximum Gasteiger partial charge on any atom is 0.228 e. The Hall–Kier alpha value is -2.47. The monoisotopic (exact) mass is 534 g/mol. The van der Waals surface area contributed by atoms with Crippen molar-refractivity contribution in [2.75, 3.05) is 58.4 Å². The van der Waals surface area contributed by atoms with Crippen molar-refractivity contribution in [3.8, 4) is 5.88 Å². The van der Waals surface area contributed by atoms with Crippen LogP contribution in [0.15, 0.2) is 22.9 Å². The summed E-state index contributed by atoms with van der Waals surface area (Å²) in [6.45, 7) is 21.9. The van der Waals surface area contributed by atoms with Crippen molar-refractivity contribution in [3.63, 3.8) is 0 Å². The number of ether oxygens (including phenoxy) is 2. The number of hydrogen-bond acceptors (Lipinski definition) is 10. The van der Waals surface area contributed by atoms with E-state index in [4.69, 9.17) is 14.3 Å². The van der Waals surface area contributed by atoms with E-state index in [0.29, 0.717) is 54.5 Å². The van der Waals surface area contributed by atoms with Crippen molar-refractivity contribution < 1.29 is 14.3 Å². The van der Waals surface area contributed by atoms with E-state index in [2.05, 4.69) is 76.7 Å². The molecule has 2 aliphatic rings. The summed E-state index contributed by atoms with van der Waals surface area (Å²) < 4.78 is 11.4. The zero-order chi connectivity index (χ0) is 28.1. The normalized spacial score (nSPS) is 19.5. The number of hydrogen-bond donors (Lipinski definition) is 3. The van der Waals surface area contributed by atoms with Crippen molar-refractivity contribution in [1.29, 1.82) is 0 Å². The molecule has 0 aromatic carbocycles. The summed E-state index contributed by atoms with van der Waals surface area (Å²) in [6.07, 6.45) is 2.13. The molecule has 3 N–H and O–H groups in total. The van der Waals surface area contributed by atoms with Gasteiger partial charge >= 0.3 is 0 Å². The smallest absolute Gasteiger partial charge is 0.228 e. The summed E-state index contributed by atoms with van der Waals surface area (Å²) >= 11 is 0. The van der Waals surface area contributed by atoms with Gasteiger partial charge in [0, 0.05) is 38.8 Å². The molecule has 1 aromatic rings. The minimum absolute atomic E-state index is 0.243. The van der Waals surface area contributed by atoms with Crippen molar-refractivity contribution in [2.45, 2.75) is 67.5 Å². The largest absolute Gasteiger partial charge is 0.476 e. The van der Waals surface area contributed by atoms with Gasteiger partial charge in [-0.25, -0.2) is 10.4 Å². The molecule has 1 fully saturated rings. The molecule has 0 saturated carbocycles. The van der Waals surface area contributed by atoms with Crippen LogP contribution < -0.4 is 20.9 Å². The van der Waals surface area contributed by atoms with Crippen LogP contribution in [0, 0.1) is 11.8 Å². The lowest BCUT2D eigenvalue weighted by atomic mass is 10.0. The molecule has 38 heavy (non-hydrogen) atoms. The Morgan fingerprint density at radius 1 is 1.16 bits per heavy atom. The second-order valence-electron chi connectivity index (χ2n) is 10.0. The van der Waals surface area contributed by atoms with Crippen LogP contribution >= 0.6 is 0 Å². The van der Waals surface area contributed by atoms with Crippen LogP contribution in [-0.4, -0.2) is 90.9 Å². The van der Waals surface area contributed by atoms with Gasteiger partial charge in [0.15, 0.2) is 5.82 Å². The number of likely N-dealkylation sites (N-methyl/N-ethyl adjacent to an activating group) is 1. The van der Waals surface area contributed by atoms with Gasteiger partial charge in [0.05, 0.1) is 25.8 Å². The van der Waals surface area contributed by atoms with E-state index in [9.17, 15) is 0 Å². The first kappa shape index (κ1) is 31.7. The molecule has 0 bridgehead atoms. The molecule has 0 amide bonds. The van der Waals surface area contributed by atoms with Gasteiger partial charge < -0.3 is 25.1 Å². The first-order valence-electron chi connectivity index (χ1n) is 14.0.